The van der Waals surface area contributed by atoms with Crippen LogP contribution in [0.1, 0.15) is 45.9 Å². The molecule has 4 aromatic rings. The van der Waals surface area contributed by atoms with Gasteiger partial charge in [0.15, 0.2) is 6.29 Å². The average molecular weight is 609 g/mol. The molecule has 232 valence electrons. The number of amides is 1. The minimum absolute atomic E-state index is 0.0147. The molecule has 0 aromatic heterocycles. The van der Waals surface area contributed by atoms with Crippen LogP contribution in [0.3, 0.4) is 0 Å². The Labute approximate surface area is 262 Å². The first-order valence-electron chi connectivity index (χ1n) is 15.1. The number of aliphatic hydroxyl groups is 1. The number of anilines is 2. The number of ether oxygens (including phenoxy) is 2. The van der Waals surface area contributed by atoms with Gasteiger partial charge in [-0.3, -0.25) is 19.8 Å². The average Bonchev–Trinajstić information content (AvgIpc) is 3.09. The first kappa shape index (κ1) is 30.4. The highest BCUT2D eigenvalue weighted by Crippen LogP contribution is 2.38. The summed E-state index contributed by atoms with van der Waals surface area (Å²) in [6.07, 6.45) is -0.190. The Bertz CT molecular complexity index is 1570. The van der Waals surface area contributed by atoms with Gasteiger partial charge in [-0.25, -0.2) is 0 Å². The summed E-state index contributed by atoms with van der Waals surface area (Å²) in [5, 5.41) is 23.5. The summed E-state index contributed by atoms with van der Waals surface area (Å²) in [6.45, 7) is 4.03. The van der Waals surface area contributed by atoms with Crippen molar-refractivity contribution < 1.29 is 24.3 Å². The van der Waals surface area contributed by atoms with E-state index < -0.39 is 6.29 Å². The molecule has 10 heteroatoms. The van der Waals surface area contributed by atoms with Gasteiger partial charge in [0.25, 0.3) is 11.6 Å². The first-order chi connectivity index (χ1) is 21.9. The maximum atomic E-state index is 12.6. The topological polar surface area (TPSA) is 117 Å². The molecule has 0 radical (unpaired) electrons. The Morgan fingerprint density at radius 3 is 2.16 bits per heavy atom. The summed E-state index contributed by atoms with van der Waals surface area (Å²) in [5.74, 6) is -0.173. The number of non-ortho nitro benzene ring substituents is 1. The second-order valence-electron chi connectivity index (χ2n) is 11.4. The molecular weight excluding hydrogens is 572 g/mol. The molecule has 0 aliphatic carbocycles. The van der Waals surface area contributed by atoms with Crippen molar-refractivity contribution in [1.82, 2.24) is 4.90 Å². The molecule has 1 amide bonds. The number of piperazine rings is 1. The number of carbonyl (C=O) groups is 1. The number of hydrogen-bond acceptors (Lipinski definition) is 8. The highest BCUT2D eigenvalue weighted by Gasteiger charge is 2.34. The monoisotopic (exact) mass is 608 g/mol. The zero-order valence-corrected chi connectivity index (χ0v) is 24.8. The number of nitrogens with one attached hydrogen (secondary N) is 1. The van der Waals surface area contributed by atoms with Crippen molar-refractivity contribution in [1.29, 1.82) is 0 Å². The Balaban J connectivity index is 1.12. The molecule has 0 spiro atoms. The lowest BCUT2D eigenvalue weighted by atomic mass is 9.99. The summed E-state index contributed by atoms with van der Waals surface area (Å²) >= 11 is 0. The van der Waals surface area contributed by atoms with Gasteiger partial charge in [0, 0.05) is 73.8 Å². The summed E-state index contributed by atoms with van der Waals surface area (Å²) in [7, 11) is 0. The van der Waals surface area contributed by atoms with Crippen LogP contribution in [0.15, 0.2) is 103 Å². The van der Waals surface area contributed by atoms with Gasteiger partial charge in [0.05, 0.1) is 23.7 Å². The van der Waals surface area contributed by atoms with E-state index in [1.807, 2.05) is 78.9 Å². The van der Waals surface area contributed by atoms with Gasteiger partial charge >= 0.3 is 0 Å². The predicted octanol–water partition coefficient (Wildman–Crippen LogP) is 5.71. The van der Waals surface area contributed by atoms with E-state index in [1.165, 1.54) is 0 Å². The van der Waals surface area contributed by atoms with Gasteiger partial charge in [-0.2, -0.15) is 0 Å². The normalized spacial score (nSPS) is 20.5. The van der Waals surface area contributed by atoms with E-state index in [0.29, 0.717) is 17.7 Å². The third-order valence-corrected chi connectivity index (χ3v) is 8.35. The maximum absolute atomic E-state index is 12.6. The second-order valence-corrected chi connectivity index (χ2v) is 11.4. The molecular formula is C35H36N4O6. The fourth-order valence-electron chi connectivity index (χ4n) is 5.81. The molecule has 2 N–H and O–H groups in total. The number of hydrogen-bond donors (Lipinski definition) is 2. The van der Waals surface area contributed by atoms with Crippen LogP contribution in [-0.2, 0) is 16.1 Å². The molecule has 2 saturated heterocycles. The van der Waals surface area contributed by atoms with E-state index in [2.05, 4.69) is 15.1 Å². The van der Waals surface area contributed by atoms with Crippen LogP contribution in [0.2, 0.25) is 0 Å². The lowest BCUT2D eigenvalue weighted by Crippen LogP contribution is -2.49. The molecule has 2 aliphatic rings. The molecule has 0 saturated carbocycles. The Kier molecular flexibility index (Phi) is 9.46. The fourth-order valence-corrected chi connectivity index (χ4v) is 5.81. The van der Waals surface area contributed by atoms with Gasteiger partial charge in [0.1, 0.15) is 0 Å². The van der Waals surface area contributed by atoms with E-state index >= 15 is 0 Å². The van der Waals surface area contributed by atoms with Crippen LogP contribution in [0.4, 0.5) is 17.1 Å². The third-order valence-electron chi connectivity index (χ3n) is 8.35. The molecule has 0 unspecified atom stereocenters. The van der Waals surface area contributed by atoms with Gasteiger partial charge in [-0.05, 0) is 47.5 Å². The molecule has 10 nitrogen and oxygen atoms in total. The summed E-state index contributed by atoms with van der Waals surface area (Å²) in [4.78, 5) is 27.9. The van der Waals surface area contributed by atoms with Crippen molar-refractivity contribution >= 4 is 23.0 Å². The molecule has 6 rings (SSSR count). The number of carbonyl (C=O) groups excluding carboxylic acids is 1. The summed E-state index contributed by atoms with van der Waals surface area (Å²) < 4.78 is 13.0. The van der Waals surface area contributed by atoms with Crippen molar-refractivity contribution in [3.05, 3.63) is 135 Å². The molecule has 2 aliphatic heterocycles. The van der Waals surface area contributed by atoms with Gasteiger partial charge in [-0.15, -0.1) is 0 Å². The van der Waals surface area contributed by atoms with Gasteiger partial charge in [-0.1, -0.05) is 54.6 Å². The standard InChI is InChI=1S/C35H36N4O6/c40-24-25-6-8-26(9-7-25)33-22-32(23-37-18-20-38(21-19-37)30-14-16-31(17-15-30)39(42)43)44-35(45-33)28-10-12-29(13-11-28)36-34(41)27-4-2-1-3-5-27/h1-17,32-33,35,40H,18-24H2,(H,36,41)/t32-,33+,35+/m0/s1. The second kappa shape index (κ2) is 14.0. The van der Waals surface area contributed by atoms with E-state index in [0.717, 1.165) is 55.1 Å². The number of nitro benzene ring substituents is 1. The van der Waals surface area contributed by atoms with Crippen LogP contribution in [0, 0.1) is 10.1 Å². The molecule has 2 fully saturated rings. The third kappa shape index (κ3) is 7.55. The number of aliphatic hydroxyl groups excluding tert-OH is 1. The zero-order valence-electron chi connectivity index (χ0n) is 24.8. The Hall–Kier alpha value is -4.61. The largest absolute Gasteiger partial charge is 0.392 e. The fraction of sp³-hybridized carbons (Fsp3) is 0.286. The van der Waals surface area contributed by atoms with Crippen LogP contribution < -0.4 is 10.2 Å². The maximum Gasteiger partial charge on any atom is 0.269 e. The Morgan fingerprint density at radius 2 is 1.51 bits per heavy atom. The minimum atomic E-state index is -0.591. The molecule has 3 atom stereocenters. The lowest BCUT2D eigenvalue weighted by molar-refractivity contribution is -0.384. The highest BCUT2D eigenvalue weighted by molar-refractivity contribution is 6.04. The van der Waals surface area contributed by atoms with Crippen LogP contribution in [0.5, 0.6) is 0 Å². The van der Waals surface area contributed by atoms with E-state index in [9.17, 15) is 20.0 Å². The zero-order chi connectivity index (χ0) is 31.2. The van der Waals surface area contributed by atoms with Crippen molar-refractivity contribution in [3.8, 4) is 0 Å². The van der Waals surface area contributed by atoms with Crippen molar-refractivity contribution in [2.45, 2.75) is 31.5 Å². The summed E-state index contributed by atoms with van der Waals surface area (Å²) in [5.41, 5.74) is 5.08. The quantitative estimate of drug-likeness (QED) is 0.183. The van der Waals surface area contributed by atoms with Crippen molar-refractivity contribution in [2.24, 2.45) is 0 Å². The van der Waals surface area contributed by atoms with E-state index in [1.54, 1.807) is 24.3 Å². The van der Waals surface area contributed by atoms with E-state index in [-0.39, 0.29) is 35.3 Å². The van der Waals surface area contributed by atoms with Crippen LogP contribution in [0.25, 0.3) is 0 Å². The van der Waals surface area contributed by atoms with Crippen molar-refractivity contribution in [2.75, 3.05) is 42.9 Å². The smallest absolute Gasteiger partial charge is 0.269 e. The molecule has 45 heavy (non-hydrogen) atoms. The number of nitro groups is 1. The Morgan fingerprint density at radius 1 is 0.844 bits per heavy atom. The number of benzene rings is 4. The highest BCUT2D eigenvalue weighted by atomic mass is 16.7. The summed E-state index contributed by atoms with van der Waals surface area (Å²) in [6, 6.07) is 31.2. The van der Waals surface area contributed by atoms with Gasteiger partial charge in [0.2, 0.25) is 0 Å². The first-order valence-corrected chi connectivity index (χ1v) is 15.1. The number of nitrogens with zero attached hydrogens (tertiary/aromatic N) is 3. The minimum Gasteiger partial charge on any atom is -0.392 e. The van der Waals surface area contributed by atoms with Gasteiger partial charge < -0.3 is 24.8 Å². The van der Waals surface area contributed by atoms with Crippen molar-refractivity contribution in [3.63, 3.8) is 0 Å². The SMILES string of the molecule is O=C(Nc1ccc([C@@H]2O[C@H](CN3CCN(c4ccc([N+](=O)[O-])cc4)CC3)C[C@H](c3ccc(CO)cc3)O2)cc1)c1ccccc1. The molecule has 2 heterocycles. The number of rotatable bonds is 9. The van der Waals surface area contributed by atoms with E-state index in [4.69, 9.17) is 9.47 Å². The molecule has 4 aromatic carbocycles. The predicted molar refractivity (Wildman–Crippen MR) is 171 cm³/mol. The lowest BCUT2D eigenvalue weighted by Gasteiger charge is -2.41. The van der Waals surface area contributed by atoms with Crippen LogP contribution >= 0.6 is 0 Å². The van der Waals surface area contributed by atoms with Crippen LogP contribution in [-0.4, -0.2) is 59.7 Å². The molecule has 0 bridgehead atoms.